The van der Waals surface area contributed by atoms with Crippen molar-refractivity contribution in [3.05, 3.63) is 29.0 Å². The highest BCUT2D eigenvalue weighted by Crippen LogP contribution is 2.27. The minimum absolute atomic E-state index is 0.347. The Bertz CT molecular complexity index is 844. The number of nitrogens with one attached hydrogen (secondary N) is 2. The number of hydrogen-bond donors (Lipinski definition) is 2. The molecule has 6 nitrogen and oxygen atoms in total. The molecule has 1 heterocycles. The average Bonchev–Trinajstić information content (AvgIpc) is 3.02. The molecule has 0 bridgehead atoms. The number of amides is 2. The van der Waals surface area contributed by atoms with Crippen LogP contribution in [0.25, 0.3) is 10.2 Å². The van der Waals surface area contributed by atoms with Crippen molar-refractivity contribution in [2.75, 3.05) is 6.61 Å². The highest BCUT2D eigenvalue weighted by Gasteiger charge is 2.26. The maximum absolute atomic E-state index is 13.3. The van der Waals surface area contributed by atoms with Gasteiger partial charge in [-0.15, -0.1) is 11.3 Å². The first-order valence-electron chi connectivity index (χ1n) is 8.45. The molecule has 2 aromatic rings. The molecule has 0 saturated carbocycles. The number of benzene rings is 1. The molecule has 0 saturated heterocycles. The quantitative estimate of drug-likeness (QED) is 0.565. The number of alkyl carbamates (subject to hydrolysis) is 1. The Hall–Kier alpha value is -1.35. The monoisotopic (exact) mass is 469 g/mol. The van der Waals surface area contributed by atoms with E-state index in [0.717, 1.165) is 0 Å². The number of aromatic nitrogens is 1. The van der Waals surface area contributed by atoms with Gasteiger partial charge in [-0.05, 0) is 31.5 Å². The van der Waals surface area contributed by atoms with Crippen molar-refractivity contribution in [2.24, 2.45) is 0 Å². The molecule has 2 amide bonds. The van der Waals surface area contributed by atoms with E-state index < -0.39 is 34.5 Å². The van der Waals surface area contributed by atoms with Crippen LogP contribution in [-0.2, 0) is 9.53 Å². The lowest BCUT2D eigenvalue weighted by atomic mass is 10.1. The highest BCUT2D eigenvalue weighted by atomic mass is 35.6. The van der Waals surface area contributed by atoms with Gasteiger partial charge in [-0.1, -0.05) is 48.1 Å². The van der Waals surface area contributed by atoms with E-state index in [-0.39, 0.29) is 5.82 Å². The number of fused-ring (bicyclic) bond motifs is 1. The van der Waals surface area contributed by atoms with Crippen LogP contribution in [-0.4, -0.2) is 33.4 Å². The molecule has 0 aliphatic rings. The summed E-state index contributed by atoms with van der Waals surface area (Å²) in [5, 5.41) is 5.89. The summed E-state index contributed by atoms with van der Waals surface area (Å²) < 4.78 is 17.1. The lowest BCUT2D eigenvalue weighted by Gasteiger charge is -2.20. The van der Waals surface area contributed by atoms with E-state index in [1.807, 2.05) is 6.92 Å². The van der Waals surface area contributed by atoms with Crippen LogP contribution in [0.1, 0.15) is 37.7 Å². The molecule has 154 valence electrons. The average molecular weight is 471 g/mol. The van der Waals surface area contributed by atoms with E-state index in [0.29, 0.717) is 28.1 Å². The van der Waals surface area contributed by atoms with Gasteiger partial charge in [0.05, 0.1) is 16.3 Å². The summed E-state index contributed by atoms with van der Waals surface area (Å²) in [6.07, 6.45) is 0.187. The SMILES string of the molecule is CCC[C@H](NC(=O)OCC(Cl)(Cl)Cl)C(=O)N[C@H](C)c1nc2ccc(F)cc2s1. The third-order valence-corrected chi connectivity index (χ3v) is 5.18. The van der Waals surface area contributed by atoms with Crippen LogP contribution in [0.15, 0.2) is 18.2 Å². The van der Waals surface area contributed by atoms with Gasteiger partial charge in [-0.3, -0.25) is 4.79 Å². The Morgan fingerprint density at radius 3 is 2.68 bits per heavy atom. The van der Waals surface area contributed by atoms with Crippen molar-refractivity contribution >= 4 is 68.4 Å². The molecule has 28 heavy (non-hydrogen) atoms. The van der Waals surface area contributed by atoms with Gasteiger partial charge in [0.2, 0.25) is 9.70 Å². The number of carbonyl (C=O) groups is 2. The predicted molar refractivity (Wildman–Crippen MR) is 110 cm³/mol. The molecular formula is C17H19Cl3FN3O3S. The normalized spacial score (nSPS) is 13.8. The van der Waals surface area contributed by atoms with E-state index in [2.05, 4.69) is 15.6 Å². The Balaban J connectivity index is 2.00. The summed E-state index contributed by atoms with van der Waals surface area (Å²) in [5.41, 5.74) is 0.654. The fourth-order valence-electron chi connectivity index (χ4n) is 2.37. The van der Waals surface area contributed by atoms with Crippen LogP contribution >= 0.6 is 46.1 Å². The van der Waals surface area contributed by atoms with Gasteiger partial charge in [0.1, 0.15) is 23.5 Å². The van der Waals surface area contributed by atoms with Crippen LogP contribution in [0, 0.1) is 5.82 Å². The highest BCUT2D eigenvalue weighted by molar-refractivity contribution is 7.18. The van der Waals surface area contributed by atoms with Crippen LogP contribution < -0.4 is 10.6 Å². The van der Waals surface area contributed by atoms with Crippen LogP contribution in [0.4, 0.5) is 9.18 Å². The lowest BCUT2D eigenvalue weighted by Crippen LogP contribution is -2.47. The van der Waals surface area contributed by atoms with E-state index in [4.69, 9.17) is 39.5 Å². The van der Waals surface area contributed by atoms with Crippen LogP contribution in [0.3, 0.4) is 0 Å². The predicted octanol–water partition coefficient (Wildman–Crippen LogP) is 4.88. The number of hydrogen-bond acceptors (Lipinski definition) is 5. The van der Waals surface area contributed by atoms with Crippen LogP contribution in [0.5, 0.6) is 0 Å². The number of rotatable bonds is 7. The Morgan fingerprint density at radius 2 is 2.04 bits per heavy atom. The van der Waals surface area contributed by atoms with Crippen molar-refractivity contribution in [3.63, 3.8) is 0 Å². The first-order chi connectivity index (χ1) is 13.1. The fraction of sp³-hybridized carbons (Fsp3) is 0.471. The van der Waals surface area contributed by atoms with Gasteiger partial charge < -0.3 is 15.4 Å². The molecule has 1 aromatic carbocycles. The summed E-state index contributed by atoms with van der Waals surface area (Å²) in [6, 6.07) is 3.07. The van der Waals surface area contributed by atoms with Crippen molar-refractivity contribution in [1.29, 1.82) is 0 Å². The lowest BCUT2D eigenvalue weighted by molar-refractivity contribution is -0.123. The minimum Gasteiger partial charge on any atom is -0.445 e. The molecule has 2 rings (SSSR count). The largest absolute Gasteiger partial charge is 0.445 e. The van der Waals surface area contributed by atoms with Crippen molar-refractivity contribution in [2.45, 2.75) is 42.6 Å². The molecule has 0 aliphatic heterocycles. The zero-order valence-electron chi connectivity index (χ0n) is 15.1. The van der Waals surface area contributed by atoms with Crippen LogP contribution in [0.2, 0.25) is 0 Å². The van der Waals surface area contributed by atoms with E-state index in [1.165, 1.54) is 23.5 Å². The molecule has 1 aromatic heterocycles. The van der Waals surface area contributed by atoms with Gasteiger partial charge in [0.25, 0.3) is 0 Å². The molecule has 0 aliphatic carbocycles. The summed E-state index contributed by atoms with van der Waals surface area (Å²) in [6.45, 7) is 3.19. The number of halogens is 4. The first-order valence-corrected chi connectivity index (χ1v) is 10.4. The van der Waals surface area contributed by atoms with Gasteiger partial charge in [0, 0.05) is 0 Å². The number of ether oxygens (including phenoxy) is 1. The standard InChI is InChI=1S/C17H19Cl3FN3O3S/c1-3-4-12(24-16(26)27-8-17(18,19)20)14(25)22-9(2)15-23-11-6-5-10(21)7-13(11)28-15/h5-7,9,12H,3-4,8H2,1-2H3,(H,22,25)(H,24,26)/t9-,12+/m1/s1. The van der Waals surface area contributed by atoms with Gasteiger partial charge in [0.15, 0.2) is 0 Å². The second-order valence-electron chi connectivity index (χ2n) is 6.07. The number of thiazole rings is 1. The number of carbonyl (C=O) groups excluding carboxylic acids is 2. The molecule has 0 radical (unpaired) electrons. The van der Waals surface area contributed by atoms with Crippen molar-refractivity contribution in [1.82, 2.24) is 15.6 Å². The molecule has 0 unspecified atom stereocenters. The van der Waals surface area contributed by atoms with Gasteiger partial charge in [-0.25, -0.2) is 14.2 Å². The smallest absolute Gasteiger partial charge is 0.407 e. The first kappa shape index (κ1) is 22.9. The second-order valence-corrected chi connectivity index (χ2v) is 9.65. The maximum Gasteiger partial charge on any atom is 0.407 e. The molecule has 2 N–H and O–H groups in total. The fourth-order valence-corrected chi connectivity index (χ4v) is 3.52. The zero-order valence-corrected chi connectivity index (χ0v) is 18.2. The molecule has 0 spiro atoms. The van der Waals surface area contributed by atoms with Crippen molar-refractivity contribution in [3.8, 4) is 0 Å². The molecule has 0 fully saturated rings. The van der Waals surface area contributed by atoms with E-state index in [9.17, 15) is 14.0 Å². The third kappa shape index (κ3) is 6.92. The Morgan fingerprint density at radius 1 is 1.32 bits per heavy atom. The summed E-state index contributed by atoms with van der Waals surface area (Å²) in [5.74, 6) is -0.745. The molecular weight excluding hydrogens is 452 g/mol. The Labute approximate surface area is 180 Å². The maximum atomic E-state index is 13.3. The topological polar surface area (TPSA) is 80.3 Å². The summed E-state index contributed by atoms with van der Waals surface area (Å²) in [7, 11) is 0. The van der Waals surface area contributed by atoms with Gasteiger partial charge in [-0.2, -0.15) is 0 Å². The third-order valence-electron chi connectivity index (χ3n) is 3.65. The molecule has 11 heteroatoms. The summed E-state index contributed by atoms with van der Waals surface area (Å²) in [4.78, 5) is 28.8. The second kappa shape index (κ2) is 9.91. The Kier molecular flexibility index (Phi) is 8.12. The van der Waals surface area contributed by atoms with E-state index >= 15 is 0 Å². The number of alkyl halides is 3. The van der Waals surface area contributed by atoms with E-state index in [1.54, 1.807) is 13.0 Å². The number of nitrogens with zero attached hydrogens (tertiary/aromatic N) is 1. The van der Waals surface area contributed by atoms with Crippen molar-refractivity contribution < 1.29 is 18.7 Å². The molecule has 2 atom stereocenters. The minimum atomic E-state index is -1.74. The zero-order chi connectivity index (χ0) is 20.9. The van der Waals surface area contributed by atoms with Gasteiger partial charge >= 0.3 is 6.09 Å². The summed E-state index contributed by atoms with van der Waals surface area (Å²) >= 11 is 17.9.